The predicted molar refractivity (Wildman–Crippen MR) is 16.4 cm³/mol. The summed E-state index contributed by atoms with van der Waals surface area (Å²) in [5.41, 5.74) is 0. The molecule has 4 heavy (non-hydrogen) atoms. The zero-order valence-electron chi connectivity index (χ0n) is 1.95. The van der Waals surface area contributed by atoms with Crippen molar-refractivity contribution in [1.82, 2.24) is 0 Å². The Bertz CT molecular complexity index is 51.5. The Labute approximate surface area is 33.0 Å². The predicted octanol–water partition coefficient (Wildman–Crippen LogP) is -0.642. The van der Waals surface area contributed by atoms with Crippen LogP contribution in [0.2, 0.25) is 0 Å². The van der Waals surface area contributed by atoms with Gasteiger partial charge in [0, 0.05) is 0 Å². The number of rotatable bonds is 0. The molecule has 0 aromatic heterocycles. The second kappa shape index (κ2) is 2.90. The molecule has 0 aliphatic heterocycles. The summed E-state index contributed by atoms with van der Waals surface area (Å²) in [4.78, 5) is 2.24. The Hall–Kier alpha value is -0.0971. The average molecular weight is 111 g/mol. The molecule has 0 saturated heterocycles. The molecule has 0 unspecified atom stereocenters. The van der Waals surface area contributed by atoms with Gasteiger partial charge in [-0.15, -0.1) is 0 Å². The van der Waals surface area contributed by atoms with E-state index < -0.39 is 0 Å². The van der Waals surface area contributed by atoms with Gasteiger partial charge in [-0.1, -0.05) is 0 Å². The first-order valence-electron chi connectivity index (χ1n) is 0.724. The van der Waals surface area contributed by atoms with Crippen LogP contribution in [0.25, 0.3) is 0 Å². The van der Waals surface area contributed by atoms with Gasteiger partial charge in [-0.2, -0.15) is 0 Å². The Balaban J connectivity index is 2.92. The van der Waals surface area contributed by atoms with Crippen LogP contribution >= 0.6 is 0 Å². The van der Waals surface area contributed by atoms with E-state index in [1.165, 1.54) is 0 Å². The fourth-order valence-electron chi connectivity index (χ4n) is 0. The van der Waals surface area contributed by atoms with Crippen LogP contribution in [0.15, 0.2) is 0 Å². The molecule has 17 valence electrons. The quantitative estimate of drug-likeness (QED) is 0.381. The minimum atomic E-state index is 1.57. The Morgan fingerprint density at radius 1 is 1.75 bits per heavy atom. The SMILES string of the molecule is N#C[C]=[Ge]. The summed E-state index contributed by atoms with van der Waals surface area (Å²) in [5.74, 6) is 0. The van der Waals surface area contributed by atoms with Gasteiger partial charge < -0.3 is 0 Å². The first-order valence-corrected chi connectivity index (χ1v) is 1.77. The molecule has 0 aromatic rings. The Kier molecular flexibility index (Phi) is 2.83. The van der Waals surface area contributed by atoms with Crippen LogP contribution in [0.3, 0.4) is 0 Å². The van der Waals surface area contributed by atoms with Crippen molar-refractivity contribution in [3.05, 3.63) is 0 Å². The summed E-state index contributed by atoms with van der Waals surface area (Å²) in [7, 11) is 0. The van der Waals surface area contributed by atoms with Crippen LogP contribution in [0.5, 0.6) is 0 Å². The van der Waals surface area contributed by atoms with Crippen LogP contribution in [-0.4, -0.2) is 20.9 Å². The van der Waals surface area contributed by atoms with E-state index in [1.807, 2.05) is 0 Å². The molecule has 1 nitrogen and oxygen atoms in total. The molecule has 0 aliphatic carbocycles. The van der Waals surface area contributed by atoms with E-state index in [1.54, 1.807) is 22.1 Å². The maximum absolute atomic E-state index is 7.51. The van der Waals surface area contributed by atoms with E-state index in [2.05, 4.69) is 4.85 Å². The monoisotopic (exact) mass is 112 g/mol. The van der Waals surface area contributed by atoms with Crippen LogP contribution in [0.1, 0.15) is 0 Å². The zero-order chi connectivity index (χ0) is 3.41. The Morgan fingerprint density at radius 3 is 2.00 bits per heavy atom. The van der Waals surface area contributed by atoms with Crippen molar-refractivity contribution >= 4 is 20.9 Å². The van der Waals surface area contributed by atoms with E-state index >= 15 is 0 Å². The fourth-order valence-corrected chi connectivity index (χ4v) is 0. The van der Waals surface area contributed by atoms with Gasteiger partial charge in [-0.25, -0.2) is 0 Å². The van der Waals surface area contributed by atoms with Gasteiger partial charge in [0.25, 0.3) is 0 Å². The molecule has 0 fully saturated rings. The summed E-state index contributed by atoms with van der Waals surface area (Å²) in [6, 6.07) is 1.68. The molecule has 0 aliphatic rings. The molecular formula is C2GeN. The summed E-state index contributed by atoms with van der Waals surface area (Å²) in [6.45, 7) is 0. The number of nitrogens with zero attached hydrogens (tertiary/aromatic N) is 1. The number of hydrogen-bond acceptors (Lipinski definition) is 1. The van der Waals surface area contributed by atoms with Gasteiger partial charge in [-0.3, -0.25) is 0 Å². The second-order valence-electron chi connectivity index (χ2n) is 0.237. The molecule has 2 heteroatoms. The van der Waals surface area contributed by atoms with E-state index in [9.17, 15) is 0 Å². The summed E-state index contributed by atoms with van der Waals surface area (Å²) >= 11 is 1.57. The minimum absolute atomic E-state index is 1.57. The standard InChI is InChI=1S/C2GeN/c3-1-2-4. The molecule has 0 amide bonds. The van der Waals surface area contributed by atoms with Crippen LogP contribution in [0, 0.1) is 11.3 Å². The van der Waals surface area contributed by atoms with E-state index in [4.69, 9.17) is 5.26 Å². The van der Waals surface area contributed by atoms with Crippen LogP contribution in [-0.2, 0) is 0 Å². The van der Waals surface area contributed by atoms with Crippen molar-refractivity contribution in [1.29, 1.82) is 5.26 Å². The third kappa shape index (κ3) is 1.90. The molecule has 0 heterocycles. The third-order valence-corrected chi connectivity index (χ3v) is 0.290. The van der Waals surface area contributed by atoms with Crippen molar-refractivity contribution in [3.8, 4) is 6.07 Å². The molecular weight excluding hydrogens is 111 g/mol. The molecule has 0 aromatic carbocycles. The van der Waals surface area contributed by atoms with E-state index in [0.717, 1.165) is 0 Å². The molecule has 0 atom stereocenters. The average Bonchev–Trinajstić information content (AvgIpc) is 1.37. The number of nitriles is 1. The van der Waals surface area contributed by atoms with Crippen molar-refractivity contribution in [2.24, 2.45) is 0 Å². The van der Waals surface area contributed by atoms with Gasteiger partial charge in [-0.05, 0) is 0 Å². The molecule has 0 saturated carbocycles. The first-order chi connectivity index (χ1) is 1.91. The van der Waals surface area contributed by atoms with E-state index in [-0.39, 0.29) is 0 Å². The first kappa shape index (κ1) is 3.90. The Morgan fingerprint density at radius 2 is 2.00 bits per heavy atom. The maximum atomic E-state index is 7.51. The van der Waals surface area contributed by atoms with Gasteiger partial charge in [0.15, 0.2) is 0 Å². The molecule has 0 spiro atoms. The van der Waals surface area contributed by atoms with Crippen molar-refractivity contribution in [3.63, 3.8) is 0 Å². The summed E-state index contributed by atoms with van der Waals surface area (Å²) in [5, 5.41) is 7.51. The fraction of sp³-hybridized carbons (Fsp3) is 0. The van der Waals surface area contributed by atoms with Crippen LogP contribution < -0.4 is 0 Å². The van der Waals surface area contributed by atoms with Crippen molar-refractivity contribution in [2.45, 2.75) is 0 Å². The van der Waals surface area contributed by atoms with Crippen molar-refractivity contribution in [2.75, 3.05) is 0 Å². The molecule has 0 rings (SSSR count). The van der Waals surface area contributed by atoms with Gasteiger partial charge in [0.1, 0.15) is 0 Å². The molecule has 3 radical (unpaired) electrons. The van der Waals surface area contributed by atoms with E-state index in [0.29, 0.717) is 0 Å². The van der Waals surface area contributed by atoms with Crippen LogP contribution in [0.4, 0.5) is 0 Å². The topological polar surface area (TPSA) is 23.8 Å². The molecule has 0 N–H and O–H groups in total. The number of hydrogen-bond donors (Lipinski definition) is 0. The third-order valence-electron chi connectivity index (χ3n) is 0.0559. The van der Waals surface area contributed by atoms with Gasteiger partial charge in [0.2, 0.25) is 0 Å². The summed E-state index contributed by atoms with van der Waals surface area (Å²) < 4.78 is 0. The summed E-state index contributed by atoms with van der Waals surface area (Å²) in [6.07, 6.45) is 0. The second-order valence-corrected chi connectivity index (χ2v) is 0.761. The van der Waals surface area contributed by atoms with Gasteiger partial charge >= 0.3 is 32.3 Å². The molecule has 0 bridgehead atoms. The van der Waals surface area contributed by atoms with Gasteiger partial charge in [0.05, 0.1) is 0 Å². The van der Waals surface area contributed by atoms with Crippen molar-refractivity contribution < 1.29 is 0 Å². The normalized spacial score (nSPS) is 3.75. The zero-order valence-corrected chi connectivity index (χ0v) is 4.05.